The molecule has 0 aliphatic rings. The first-order chi connectivity index (χ1) is 7.70. The van der Waals surface area contributed by atoms with Gasteiger partial charge in [0.1, 0.15) is 17.0 Å². The van der Waals surface area contributed by atoms with E-state index >= 15 is 0 Å². The Morgan fingerprint density at radius 3 is 2.94 bits per heavy atom. The molecule has 0 aliphatic carbocycles. The van der Waals surface area contributed by atoms with Crippen molar-refractivity contribution in [3.63, 3.8) is 0 Å². The van der Waals surface area contributed by atoms with Gasteiger partial charge in [-0.2, -0.15) is 0 Å². The van der Waals surface area contributed by atoms with Crippen molar-refractivity contribution in [3.8, 4) is 16.6 Å². The van der Waals surface area contributed by atoms with Crippen LogP contribution in [0.3, 0.4) is 0 Å². The Morgan fingerprint density at radius 2 is 2.31 bits per heavy atom. The number of carboxylic acid groups (broad SMARTS) is 1. The first-order valence-corrected chi connectivity index (χ1v) is 5.14. The standard InChI is InChI=1S/C9H7N3O3S/c1-15-7-2-5(10-4-11-7)8-12-6(3-16-8)9(13)14/h2-4H,1H3,(H,13,14). The Morgan fingerprint density at radius 1 is 1.50 bits per heavy atom. The summed E-state index contributed by atoms with van der Waals surface area (Å²) in [6.45, 7) is 0. The van der Waals surface area contributed by atoms with E-state index in [4.69, 9.17) is 9.84 Å². The number of methoxy groups -OCH3 is 1. The number of carboxylic acids is 1. The van der Waals surface area contributed by atoms with Crippen molar-refractivity contribution in [3.05, 3.63) is 23.5 Å². The molecular formula is C9H7N3O3S. The Hall–Kier alpha value is -2.02. The van der Waals surface area contributed by atoms with Gasteiger partial charge in [0, 0.05) is 11.4 Å². The number of aromatic carboxylic acids is 1. The summed E-state index contributed by atoms with van der Waals surface area (Å²) in [4.78, 5) is 22.4. The van der Waals surface area contributed by atoms with Crippen LogP contribution in [-0.4, -0.2) is 33.1 Å². The third kappa shape index (κ3) is 1.98. The molecule has 7 heteroatoms. The highest BCUT2D eigenvalue weighted by molar-refractivity contribution is 7.13. The molecule has 0 aliphatic heterocycles. The van der Waals surface area contributed by atoms with E-state index in [-0.39, 0.29) is 5.69 Å². The summed E-state index contributed by atoms with van der Waals surface area (Å²) in [7, 11) is 1.50. The molecule has 0 radical (unpaired) electrons. The number of aromatic nitrogens is 3. The van der Waals surface area contributed by atoms with Crippen molar-refractivity contribution in [2.75, 3.05) is 7.11 Å². The quantitative estimate of drug-likeness (QED) is 0.866. The molecule has 1 N–H and O–H groups in total. The highest BCUT2D eigenvalue weighted by atomic mass is 32.1. The maximum absolute atomic E-state index is 10.7. The van der Waals surface area contributed by atoms with Crippen molar-refractivity contribution in [1.29, 1.82) is 0 Å². The summed E-state index contributed by atoms with van der Waals surface area (Å²) in [6, 6.07) is 1.60. The van der Waals surface area contributed by atoms with Gasteiger partial charge >= 0.3 is 5.97 Å². The molecule has 0 atom stereocenters. The van der Waals surface area contributed by atoms with Crippen LogP contribution in [0.15, 0.2) is 17.8 Å². The van der Waals surface area contributed by atoms with Gasteiger partial charge in [0.05, 0.1) is 7.11 Å². The molecule has 0 aromatic carbocycles. The predicted molar refractivity (Wildman–Crippen MR) is 56.7 cm³/mol. The smallest absolute Gasteiger partial charge is 0.355 e. The van der Waals surface area contributed by atoms with Gasteiger partial charge < -0.3 is 9.84 Å². The molecule has 0 bridgehead atoms. The van der Waals surface area contributed by atoms with Crippen LogP contribution >= 0.6 is 11.3 Å². The van der Waals surface area contributed by atoms with Crippen LogP contribution in [0.1, 0.15) is 10.5 Å². The van der Waals surface area contributed by atoms with E-state index in [9.17, 15) is 4.79 Å². The van der Waals surface area contributed by atoms with Crippen LogP contribution in [0.4, 0.5) is 0 Å². The molecule has 2 heterocycles. The van der Waals surface area contributed by atoms with Gasteiger partial charge in [-0.15, -0.1) is 11.3 Å². The molecule has 2 aromatic rings. The monoisotopic (exact) mass is 237 g/mol. The average Bonchev–Trinajstić information content (AvgIpc) is 2.78. The number of hydrogen-bond acceptors (Lipinski definition) is 6. The Bertz CT molecular complexity index is 526. The van der Waals surface area contributed by atoms with Crippen LogP contribution in [0, 0.1) is 0 Å². The maximum atomic E-state index is 10.7. The van der Waals surface area contributed by atoms with E-state index in [1.54, 1.807) is 6.07 Å². The molecule has 0 saturated heterocycles. The second kappa shape index (κ2) is 4.23. The fraction of sp³-hybridized carbons (Fsp3) is 0.111. The summed E-state index contributed by atoms with van der Waals surface area (Å²) < 4.78 is 4.94. The lowest BCUT2D eigenvalue weighted by Gasteiger charge is -1.98. The SMILES string of the molecule is COc1cc(-c2nc(C(=O)O)cs2)ncn1. The van der Waals surface area contributed by atoms with Gasteiger partial charge in [0.15, 0.2) is 5.69 Å². The van der Waals surface area contributed by atoms with Crippen molar-refractivity contribution in [1.82, 2.24) is 15.0 Å². The van der Waals surface area contributed by atoms with Gasteiger partial charge in [-0.25, -0.2) is 19.7 Å². The minimum atomic E-state index is -1.05. The highest BCUT2D eigenvalue weighted by Crippen LogP contribution is 2.23. The van der Waals surface area contributed by atoms with Crippen LogP contribution in [0.25, 0.3) is 10.7 Å². The fourth-order valence-electron chi connectivity index (χ4n) is 1.06. The van der Waals surface area contributed by atoms with Crippen molar-refractivity contribution in [2.45, 2.75) is 0 Å². The number of thiazole rings is 1. The van der Waals surface area contributed by atoms with Crippen molar-refractivity contribution < 1.29 is 14.6 Å². The topological polar surface area (TPSA) is 85.2 Å². The third-order valence-corrected chi connectivity index (χ3v) is 2.66. The number of carbonyl (C=O) groups is 1. The second-order valence-electron chi connectivity index (χ2n) is 2.79. The van der Waals surface area contributed by atoms with E-state index in [1.165, 1.54) is 30.2 Å². The fourth-order valence-corrected chi connectivity index (χ4v) is 1.82. The Labute approximate surface area is 94.6 Å². The van der Waals surface area contributed by atoms with E-state index in [0.717, 1.165) is 0 Å². The molecule has 82 valence electrons. The number of nitrogens with zero attached hydrogens (tertiary/aromatic N) is 3. The normalized spacial score (nSPS) is 10.1. The van der Waals surface area contributed by atoms with Gasteiger partial charge in [-0.3, -0.25) is 0 Å². The largest absolute Gasteiger partial charge is 0.481 e. The van der Waals surface area contributed by atoms with Gasteiger partial charge in [-0.1, -0.05) is 0 Å². The zero-order chi connectivity index (χ0) is 11.5. The molecule has 0 amide bonds. The van der Waals surface area contributed by atoms with Gasteiger partial charge in [-0.05, 0) is 0 Å². The maximum Gasteiger partial charge on any atom is 0.355 e. The molecule has 2 aromatic heterocycles. The van der Waals surface area contributed by atoms with Crippen LogP contribution in [-0.2, 0) is 0 Å². The number of rotatable bonds is 3. The molecule has 0 unspecified atom stereocenters. The van der Waals surface area contributed by atoms with Crippen LogP contribution < -0.4 is 4.74 Å². The Balaban J connectivity index is 2.38. The second-order valence-corrected chi connectivity index (χ2v) is 3.65. The van der Waals surface area contributed by atoms with E-state index in [0.29, 0.717) is 16.6 Å². The highest BCUT2D eigenvalue weighted by Gasteiger charge is 2.11. The van der Waals surface area contributed by atoms with E-state index in [1.807, 2.05) is 0 Å². The lowest BCUT2D eigenvalue weighted by Crippen LogP contribution is -1.96. The molecule has 0 saturated carbocycles. The molecule has 0 fully saturated rings. The van der Waals surface area contributed by atoms with Gasteiger partial charge in [0.25, 0.3) is 0 Å². The summed E-state index contributed by atoms with van der Waals surface area (Å²) in [5, 5.41) is 10.7. The first kappa shape index (κ1) is 10.5. The minimum absolute atomic E-state index is 0.0116. The summed E-state index contributed by atoms with van der Waals surface area (Å²) in [6.07, 6.45) is 1.34. The van der Waals surface area contributed by atoms with Crippen molar-refractivity contribution >= 4 is 17.3 Å². The molecule has 0 spiro atoms. The zero-order valence-electron chi connectivity index (χ0n) is 8.25. The molecule has 16 heavy (non-hydrogen) atoms. The van der Waals surface area contributed by atoms with Crippen LogP contribution in [0.5, 0.6) is 5.88 Å². The average molecular weight is 237 g/mol. The summed E-state index contributed by atoms with van der Waals surface area (Å²) in [5.74, 6) is -0.638. The molecule has 2 rings (SSSR count). The van der Waals surface area contributed by atoms with Crippen LogP contribution in [0.2, 0.25) is 0 Å². The molecule has 6 nitrogen and oxygen atoms in total. The van der Waals surface area contributed by atoms with Crippen molar-refractivity contribution in [2.24, 2.45) is 0 Å². The Kier molecular flexibility index (Phi) is 2.78. The lowest BCUT2D eigenvalue weighted by atomic mass is 10.4. The number of ether oxygens (including phenoxy) is 1. The summed E-state index contributed by atoms with van der Waals surface area (Å²) >= 11 is 1.21. The zero-order valence-corrected chi connectivity index (χ0v) is 9.06. The van der Waals surface area contributed by atoms with E-state index < -0.39 is 5.97 Å². The lowest BCUT2D eigenvalue weighted by molar-refractivity contribution is 0.0691. The number of hydrogen-bond donors (Lipinski definition) is 1. The summed E-state index contributed by atoms with van der Waals surface area (Å²) in [5.41, 5.74) is 0.557. The van der Waals surface area contributed by atoms with Gasteiger partial charge in [0.2, 0.25) is 5.88 Å². The minimum Gasteiger partial charge on any atom is -0.481 e. The third-order valence-electron chi connectivity index (χ3n) is 1.79. The molecular weight excluding hydrogens is 230 g/mol. The first-order valence-electron chi connectivity index (χ1n) is 4.26. The van der Waals surface area contributed by atoms with E-state index in [2.05, 4.69) is 15.0 Å². The predicted octanol–water partition coefficient (Wildman–Crippen LogP) is 1.31.